The van der Waals surface area contributed by atoms with Crippen LogP contribution in [0.1, 0.15) is 46.0 Å². The summed E-state index contributed by atoms with van der Waals surface area (Å²) in [5, 5.41) is 16.6. The SMILES string of the molecule is CCCNc1ncnc(NC2(CO)CCCC(C)C2)c1Br. The van der Waals surface area contributed by atoms with Crippen LogP contribution in [0.2, 0.25) is 0 Å². The lowest BCUT2D eigenvalue weighted by molar-refractivity contribution is 0.149. The molecule has 0 radical (unpaired) electrons. The third-order valence-electron chi connectivity index (χ3n) is 4.11. The van der Waals surface area contributed by atoms with Crippen LogP contribution >= 0.6 is 15.9 Å². The fourth-order valence-electron chi connectivity index (χ4n) is 3.03. The summed E-state index contributed by atoms with van der Waals surface area (Å²) < 4.78 is 0.838. The number of nitrogens with zero attached hydrogens (tertiary/aromatic N) is 2. The molecule has 1 heterocycles. The van der Waals surface area contributed by atoms with Crippen LogP contribution in [-0.2, 0) is 0 Å². The second-order valence-corrected chi connectivity index (χ2v) is 6.87. The van der Waals surface area contributed by atoms with E-state index in [1.165, 1.54) is 6.42 Å². The summed E-state index contributed by atoms with van der Waals surface area (Å²) in [4.78, 5) is 8.60. The Morgan fingerprint density at radius 3 is 2.86 bits per heavy atom. The van der Waals surface area contributed by atoms with Gasteiger partial charge >= 0.3 is 0 Å². The predicted molar refractivity (Wildman–Crippen MR) is 89.6 cm³/mol. The first kappa shape index (κ1) is 16.5. The fourth-order valence-corrected chi connectivity index (χ4v) is 3.48. The highest BCUT2D eigenvalue weighted by molar-refractivity contribution is 9.10. The summed E-state index contributed by atoms with van der Waals surface area (Å²) in [6, 6.07) is 0. The van der Waals surface area contributed by atoms with Crippen molar-refractivity contribution in [1.82, 2.24) is 9.97 Å². The van der Waals surface area contributed by atoms with E-state index in [1.54, 1.807) is 6.33 Å². The number of aliphatic hydroxyl groups excluding tert-OH is 1. The van der Waals surface area contributed by atoms with Crippen molar-refractivity contribution in [3.63, 3.8) is 0 Å². The van der Waals surface area contributed by atoms with Gasteiger partial charge in [-0.2, -0.15) is 0 Å². The van der Waals surface area contributed by atoms with Gasteiger partial charge in [-0.3, -0.25) is 0 Å². The number of rotatable bonds is 6. The fraction of sp³-hybridized carbons (Fsp3) is 0.733. The largest absolute Gasteiger partial charge is 0.394 e. The molecule has 0 bridgehead atoms. The van der Waals surface area contributed by atoms with Crippen molar-refractivity contribution in [3.05, 3.63) is 10.8 Å². The average molecular weight is 357 g/mol. The molecule has 1 aliphatic carbocycles. The van der Waals surface area contributed by atoms with Crippen molar-refractivity contribution in [2.75, 3.05) is 23.8 Å². The third-order valence-corrected chi connectivity index (χ3v) is 4.86. The molecule has 2 rings (SSSR count). The molecule has 2 atom stereocenters. The van der Waals surface area contributed by atoms with Gasteiger partial charge < -0.3 is 15.7 Å². The van der Waals surface area contributed by atoms with Gasteiger partial charge in [0.05, 0.1) is 12.1 Å². The van der Waals surface area contributed by atoms with E-state index in [0.29, 0.717) is 5.92 Å². The first-order valence-corrected chi connectivity index (χ1v) is 8.53. The molecular formula is C15H25BrN4O. The van der Waals surface area contributed by atoms with Gasteiger partial charge in [0.2, 0.25) is 0 Å². The zero-order valence-corrected chi connectivity index (χ0v) is 14.4. The summed E-state index contributed by atoms with van der Waals surface area (Å²) in [6.45, 7) is 5.36. The molecule has 0 aromatic carbocycles. The first-order chi connectivity index (χ1) is 10.1. The van der Waals surface area contributed by atoms with Crippen LogP contribution in [0.4, 0.5) is 11.6 Å². The van der Waals surface area contributed by atoms with Crippen molar-refractivity contribution in [2.24, 2.45) is 5.92 Å². The van der Waals surface area contributed by atoms with Crippen LogP contribution in [0.15, 0.2) is 10.8 Å². The molecule has 1 aromatic rings. The number of hydrogen-bond acceptors (Lipinski definition) is 5. The topological polar surface area (TPSA) is 70.1 Å². The van der Waals surface area contributed by atoms with E-state index >= 15 is 0 Å². The van der Waals surface area contributed by atoms with Gasteiger partial charge in [0.15, 0.2) is 0 Å². The van der Waals surface area contributed by atoms with Gasteiger partial charge in [0.25, 0.3) is 0 Å². The van der Waals surface area contributed by atoms with Crippen LogP contribution in [0.5, 0.6) is 0 Å². The highest BCUT2D eigenvalue weighted by atomic mass is 79.9. The number of nitrogens with one attached hydrogen (secondary N) is 2. The molecule has 0 saturated heterocycles. The second kappa shape index (κ2) is 7.40. The highest BCUT2D eigenvalue weighted by Gasteiger charge is 2.35. The van der Waals surface area contributed by atoms with Crippen LogP contribution < -0.4 is 10.6 Å². The third kappa shape index (κ3) is 4.07. The Morgan fingerprint density at radius 2 is 2.19 bits per heavy atom. The van der Waals surface area contributed by atoms with Crippen molar-refractivity contribution in [3.8, 4) is 0 Å². The highest BCUT2D eigenvalue weighted by Crippen LogP contribution is 2.37. The van der Waals surface area contributed by atoms with E-state index in [1.807, 2.05) is 0 Å². The molecular weight excluding hydrogens is 332 g/mol. The van der Waals surface area contributed by atoms with E-state index in [2.05, 4.69) is 50.4 Å². The predicted octanol–water partition coefficient (Wildman–Crippen LogP) is 3.41. The Bertz CT molecular complexity index is 471. The maximum absolute atomic E-state index is 9.89. The van der Waals surface area contributed by atoms with Gasteiger partial charge in [-0.15, -0.1) is 0 Å². The van der Waals surface area contributed by atoms with Crippen LogP contribution in [0.3, 0.4) is 0 Å². The quantitative estimate of drug-likeness (QED) is 0.728. The summed E-state index contributed by atoms with van der Waals surface area (Å²) in [7, 11) is 0. The number of hydrogen-bond donors (Lipinski definition) is 3. The van der Waals surface area contributed by atoms with Gasteiger partial charge in [0.1, 0.15) is 22.4 Å². The van der Waals surface area contributed by atoms with E-state index < -0.39 is 0 Å². The van der Waals surface area contributed by atoms with Crippen LogP contribution in [0, 0.1) is 5.92 Å². The van der Waals surface area contributed by atoms with Gasteiger partial charge in [-0.25, -0.2) is 9.97 Å². The lowest BCUT2D eigenvalue weighted by atomic mass is 9.77. The number of anilines is 2. The average Bonchev–Trinajstić information content (AvgIpc) is 2.48. The monoisotopic (exact) mass is 356 g/mol. The minimum absolute atomic E-state index is 0.130. The lowest BCUT2D eigenvalue weighted by Crippen LogP contribution is -2.46. The molecule has 3 N–H and O–H groups in total. The van der Waals surface area contributed by atoms with Crippen LogP contribution in [0.25, 0.3) is 0 Å². The zero-order chi connectivity index (χ0) is 15.3. The molecule has 118 valence electrons. The number of aliphatic hydroxyl groups is 1. The Kier molecular flexibility index (Phi) is 5.81. The number of aromatic nitrogens is 2. The molecule has 1 saturated carbocycles. The molecule has 5 nitrogen and oxygen atoms in total. The van der Waals surface area contributed by atoms with Crippen molar-refractivity contribution >= 4 is 27.6 Å². The molecule has 2 unspecified atom stereocenters. The second-order valence-electron chi connectivity index (χ2n) is 6.08. The smallest absolute Gasteiger partial charge is 0.146 e. The van der Waals surface area contributed by atoms with E-state index in [0.717, 1.165) is 48.3 Å². The summed E-state index contributed by atoms with van der Waals surface area (Å²) in [5.41, 5.74) is -0.267. The summed E-state index contributed by atoms with van der Waals surface area (Å²) >= 11 is 3.58. The molecule has 0 aliphatic heterocycles. The Balaban J connectivity index is 2.17. The van der Waals surface area contributed by atoms with Gasteiger partial charge in [-0.1, -0.05) is 26.7 Å². The molecule has 0 spiro atoms. The molecule has 0 amide bonds. The Hall–Kier alpha value is -0.880. The molecule has 1 aliphatic rings. The lowest BCUT2D eigenvalue weighted by Gasteiger charge is -2.40. The molecule has 1 aromatic heterocycles. The van der Waals surface area contributed by atoms with E-state index in [4.69, 9.17) is 0 Å². The van der Waals surface area contributed by atoms with Gasteiger partial charge in [-0.05, 0) is 41.1 Å². The van der Waals surface area contributed by atoms with E-state index in [9.17, 15) is 5.11 Å². The Morgan fingerprint density at radius 1 is 1.43 bits per heavy atom. The standard InChI is InChI=1S/C15H25BrN4O/c1-3-7-17-13-12(16)14(19-10-18-13)20-15(9-21)6-4-5-11(2)8-15/h10-11,21H,3-9H2,1-2H3,(H2,17,18,19,20). The first-order valence-electron chi connectivity index (χ1n) is 7.73. The molecule has 1 fully saturated rings. The maximum Gasteiger partial charge on any atom is 0.146 e. The normalized spacial score (nSPS) is 25.6. The zero-order valence-electron chi connectivity index (χ0n) is 12.8. The number of halogens is 1. The van der Waals surface area contributed by atoms with Crippen LogP contribution in [-0.4, -0.2) is 33.8 Å². The summed E-state index contributed by atoms with van der Waals surface area (Å²) in [6.07, 6.45) is 6.91. The van der Waals surface area contributed by atoms with E-state index in [-0.39, 0.29) is 12.1 Å². The summed E-state index contributed by atoms with van der Waals surface area (Å²) in [5.74, 6) is 2.18. The van der Waals surface area contributed by atoms with Crippen molar-refractivity contribution < 1.29 is 5.11 Å². The van der Waals surface area contributed by atoms with Crippen molar-refractivity contribution in [2.45, 2.75) is 51.5 Å². The minimum atomic E-state index is -0.267. The Labute approximate surface area is 135 Å². The van der Waals surface area contributed by atoms with Gasteiger partial charge in [0, 0.05) is 6.54 Å². The van der Waals surface area contributed by atoms with Crippen molar-refractivity contribution in [1.29, 1.82) is 0 Å². The maximum atomic E-state index is 9.89. The minimum Gasteiger partial charge on any atom is -0.394 e. The molecule has 6 heteroatoms. The molecule has 21 heavy (non-hydrogen) atoms.